The van der Waals surface area contributed by atoms with Crippen LogP contribution in [0.15, 0.2) is 11.1 Å². The molecule has 1 saturated carbocycles. The molecule has 0 heterocycles. The van der Waals surface area contributed by atoms with Crippen LogP contribution < -0.4 is 0 Å². The van der Waals surface area contributed by atoms with Gasteiger partial charge in [0.15, 0.2) is 0 Å². The van der Waals surface area contributed by atoms with Crippen molar-refractivity contribution in [1.82, 2.24) is 0 Å². The highest BCUT2D eigenvalue weighted by Crippen LogP contribution is 2.37. The standard InChI is InChI=1S/C6H6ClO/c7-6(3-4-8)5-1-2-5/h3,5H,1-2H2. The van der Waals surface area contributed by atoms with Crippen molar-refractivity contribution >= 4 is 17.9 Å². The zero-order valence-corrected chi connectivity index (χ0v) is 5.11. The van der Waals surface area contributed by atoms with Gasteiger partial charge in [-0.2, -0.15) is 0 Å². The van der Waals surface area contributed by atoms with Gasteiger partial charge in [0.25, 0.3) is 0 Å². The van der Waals surface area contributed by atoms with Gasteiger partial charge in [-0.15, -0.1) is 0 Å². The molecule has 1 aliphatic carbocycles. The van der Waals surface area contributed by atoms with Gasteiger partial charge in [0.2, 0.25) is 6.29 Å². The molecule has 1 aliphatic rings. The molecule has 0 unspecified atom stereocenters. The Labute approximate surface area is 53.3 Å². The summed E-state index contributed by atoms with van der Waals surface area (Å²) in [6.45, 7) is 0. The lowest BCUT2D eigenvalue weighted by atomic mass is 10.4. The largest absolute Gasteiger partial charge is 0.286 e. The first-order valence-electron chi connectivity index (χ1n) is 2.58. The maximum absolute atomic E-state index is 9.66. The molecule has 0 aromatic rings. The Bertz CT molecular complexity index is 124. The van der Waals surface area contributed by atoms with E-state index in [1.54, 1.807) is 6.29 Å². The average molecular weight is 130 g/mol. The first-order chi connectivity index (χ1) is 3.84. The van der Waals surface area contributed by atoms with Crippen molar-refractivity contribution < 1.29 is 4.79 Å². The second-order valence-corrected chi connectivity index (χ2v) is 2.36. The van der Waals surface area contributed by atoms with Gasteiger partial charge in [0.1, 0.15) is 0 Å². The van der Waals surface area contributed by atoms with Crippen LogP contribution in [0, 0.1) is 5.92 Å². The molecule has 0 N–H and O–H groups in total. The maximum Gasteiger partial charge on any atom is 0.226 e. The summed E-state index contributed by atoms with van der Waals surface area (Å²) in [4.78, 5) is 9.66. The first-order valence-corrected chi connectivity index (χ1v) is 2.95. The summed E-state index contributed by atoms with van der Waals surface area (Å²) in [6.07, 6.45) is 5.22. The van der Waals surface area contributed by atoms with E-state index in [1.807, 2.05) is 0 Å². The van der Waals surface area contributed by atoms with Crippen molar-refractivity contribution in [2.24, 2.45) is 5.92 Å². The van der Waals surface area contributed by atoms with Gasteiger partial charge in [-0.05, 0) is 18.8 Å². The lowest BCUT2D eigenvalue weighted by Gasteiger charge is -1.84. The van der Waals surface area contributed by atoms with E-state index < -0.39 is 0 Å². The van der Waals surface area contributed by atoms with Gasteiger partial charge in [-0.25, -0.2) is 0 Å². The van der Waals surface area contributed by atoms with Crippen LogP contribution in [-0.4, -0.2) is 6.29 Å². The van der Waals surface area contributed by atoms with Gasteiger partial charge >= 0.3 is 0 Å². The summed E-state index contributed by atoms with van der Waals surface area (Å²) in [5.41, 5.74) is 0. The molecule has 0 amide bonds. The van der Waals surface area contributed by atoms with E-state index in [2.05, 4.69) is 0 Å². The van der Waals surface area contributed by atoms with Crippen molar-refractivity contribution in [3.8, 4) is 0 Å². The predicted octanol–water partition coefficient (Wildman–Crippen LogP) is 1.63. The first kappa shape index (κ1) is 5.83. The minimum absolute atomic E-state index is 0.484. The average Bonchev–Trinajstić information content (AvgIpc) is 2.45. The third kappa shape index (κ3) is 1.34. The van der Waals surface area contributed by atoms with E-state index in [9.17, 15) is 4.79 Å². The molecular formula is C6H6ClO. The fourth-order valence-electron chi connectivity index (χ4n) is 0.533. The van der Waals surface area contributed by atoms with Crippen molar-refractivity contribution in [2.45, 2.75) is 12.8 Å². The van der Waals surface area contributed by atoms with E-state index in [4.69, 9.17) is 11.6 Å². The van der Waals surface area contributed by atoms with E-state index in [-0.39, 0.29) is 0 Å². The number of carbonyl (C=O) groups excluding carboxylic acids is 1. The molecule has 0 spiro atoms. The number of rotatable bonds is 2. The van der Waals surface area contributed by atoms with Crippen LogP contribution in [0.3, 0.4) is 0 Å². The molecule has 0 aromatic heterocycles. The summed E-state index contributed by atoms with van der Waals surface area (Å²) < 4.78 is 0. The van der Waals surface area contributed by atoms with Crippen LogP contribution in [0.2, 0.25) is 0 Å². The van der Waals surface area contributed by atoms with Crippen LogP contribution in [0.1, 0.15) is 12.8 Å². The fourth-order valence-corrected chi connectivity index (χ4v) is 0.796. The van der Waals surface area contributed by atoms with E-state index in [0.717, 1.165) is 12.8 Å². The maximum atomic E-state index is 9.66. The molecule has 0 saturated heterocycles. The fraction of sp³-hybridized carbons (Fsp3) is 0.500. The summed E-state index contributed by atoms with van der Waals surface area (Å²) >= 11 is 5.58. The highest BCUT2D eigenvalue weighted by atomic mass is 35.5. The number of hydrogen-bond acceptors (Lipinski definition) is 1. The minimum atomic E-state index is 0.484. The molecule has 1 fully saturated rings. The van der Waals surface area contributed by atoms with Crippen molar-refractivity contribution in [3.63, 3.8) is 0 Å². The highest BCUT2D eigenvalue weighted by Gasteiger charge is 2.24. The molecule has 1 rings (SSSR count). The molecule has 0 aromatic carbocycles. The molecule has 0 aliphatic heterocycles. The molecule has 0 atom stereocenters. The molecule has 2 heteroatoms. The third-order valence-electron chi connectivity index (χ3n) is 1.16. The smallest absolute Gasteiger partial charge is 0.226 e. The Balaban J connectivity index is 2.41. The monoisotopic (exact) mass is 129 g/mol. The quantitative estimate of drug-likeness (QED) is 0.518. The molecule has 1 nitrogen and oxygen atoms in total. The molecule has 0 bridgehead atoms. The third-order valence-corrected chi connectivity index (χ3v) is 1.58. The van der Waals surface area contributed by atoms with E-state index >= 15 is 0 Å². The van der Waals surface area contributed by atoms with Gasteiger partial charge in [0, 0.05) is 11.1 Å². The Morgan fingerprint density at radius 2 is 2.38 bits per heavy atom. The Hall–Kier alpha value is -0.300. The van der Waals surface area contributed by atoms with Crippen molar-refractivity contribution in [1.29, 1.82) is 0 Å². The Kier molecular flexibility index (Phi) is 1.69. The van der Waals surface area contributed by atoms with Gasteiger partial charge in [-0.1, -0.05) is 11.6 Å². The second-order valence-electron chi connectivity index (χ2n) is 1.92. The van der Waals surface area contributed by atoms with Gasteiger partial charge in [0.05, 0.1) is 0 Å². The van der Waals surface area contributed by atoms with E-state index in [0.29, 0.717) is 11.0 Å². The van der Waals surface area contributed by atoms with Crippen molar-refractivity contribution in [2.75, 3.05) is 0 Å². The normalized spacial score (nSPS) is 20.9. The summed E-state index contributed by atoms with van der Waals surface area (Å²) in [5.74, 6) is 0.484. The molecule has 8 heavy (non-hydrogen) atoms. The lowest BCUT2D eigenvalue weighted by molar-refractivity contribution is 0.564. The molecule has 43 valence electrons. The number of halogens is 1. The van der Waals surface area contributed by atoms with E-state index in [1.165, 1.54) is 6.08 Å². The van der Waals surface area contributed by atoms with Crippen LogP contribution >= 0.6 is 11.6 Å². The zero-order valence-electron chi connectivity index (χ0n) is 4.36. The topological polar surface area (TPSA) is 17.1 Å². The van der Waals surface area contributed by atoms with Gasteiger partial charge < -0.3 is 0 Å². The van der Waals surface area contributed by atoms with Crippen LogP contribution in [-0.2, 0) is 4.79 Å². The van der Waals surface area contributed by atoms with Crippen molar-refractivity contribution in [3.05, 3.63) is 11.1 Å². The molecule has 1 radical (unpaired) electrons. The predicted molar refractivity (Wildman–Crippen MR) is 32.4 cm³/mol. The summed E-state index contributed by atoms with van der Waals surface area (Å²) in [5, 5.41) is 0.667. The number of allylic oxidation sites excluding steroid dienone is 2. The minimum Gasteiger partial charge on any atom is -0.286 e. The van der Waals surface area contributed by atoms with Crippen LogP contribution in [0.4, 0.5) is 0 Å². The second kappa shape index (κ2) is 2.31. The van der Waals surface area contributed by atoms with Gasteiger partial charge in [-0.3, -0.25) is 4.79 Å². The summed E-state index contributed by atoms with van der Waals surface area (Å²) in [7, 11) is 0. The summed E-state index contributed by atoms with van der Waals surface area (Å²) in [6, 6.07) is 0. The van der Waals surface area contributed by atoms with Crippen LogP contribution in [0.25, 0.3) is 0 Å². The highest BCUT2D eigenvalue weighted by molar-refractivity contribution is 6.30. The Morgan fingerprint density at radius 3 is 2.75 bits per heavy atom. The number of hydrogen-bond donors (Lipinski definition) is 0. The Morgan fingerprint density at radius 1 is 1.75 bits per heavy atom. The van der Waals surface area contributed by atoms with Crippen LogP contribution in [0.5, 0.6) is 0 Å². The SMILES string of the molecule is O=[C]C=C(Cl)C1CC1. The molecular weight excluding hydrogens is 124 g/mol. The zero-order chi connectivity index (χ0) is 5.98. The lowest BCUT2D eigenvalue weighted by Crippen LogP contribution is -1.73.